The zero-order chi connectivity index (χ0) is 10.1. The van der Waals surface area contributed by atoms with Crippen molar-refractivity contribution in [2.45, 2.75) is 0 Å². The smallest absolute Gasteiger partial charge is 0.346 e. The second kappa shape index (κ2) is 3.09. The van der Waals surface area contributed by atoms with Gasteiger partial charge in [-0.1, -0.05) is 11.6 Å². The van der Waals surface area contributed by atoms with Crippen molar-refractivity contribution in [3.05, 3.63) is 22.1 Å². The highest BCUT2D eigenvalue weighted by Gasteiger charge is 2.16. The van der Waals surface area contributed by atoms with E-state index in [1.807, 2.05) is 0 Å². The summed E-state index contributed by atoms with van der Waals surface area (Å²) in [4.78, 5) is 15.2. The molecule has 0 aromatic carbocycles. The fourth-order valence-electron chi connectivity index (χ4n) is 1.09. The van der Waals surface area contributed by atoms with E-state index in [0.29, 0.717) is 16.1 Å². The van der Waals surface area contributed by atoms with Crippen molar-refractivity contribution >= 4 is 34.4 Å². The molecule has 2 N–H and O–H groups in total. The maximum atomic E-state index is 5.74. The number of fused-ring (bicyclic) bond motifs is 1. The van der Waals surface area contributed by atoms with E-state index in [1.165, 1.54) is 6.20 Å². The minimum atomic E-state index is 0.0887. The van der Waals surface area contributed by atoms with Gasteiger partial charge in [-0.15, -0.1) is 0 Å². The Labute approximate surface area is 84.4 Å². The van der Waals surface area contributed by atoms with Gasteiger partial charge >= 0.3 is 11.8 Å². The van der Waals surface area contributed by atoms with E-state index in [9.17, 15) is 0 Å². The minimum Gasteiger partial charge on any atom is -0.346 e. The van der Waals surface area contributed by atoms with E-state index < -0.39 is 0 Å². The van der Waals surface area contributed by atoms with Gasteiger partial charge < -0.3 is 5.73 Å². The molecule has 2 aromatic rings. The summed E-state index contributed by atoms with van der Waals surface area (Å²) in [7, 11) is 0. The number of hydrogen-bond acceptors (Lipinski definition) is 4. The van der Waals surface area contributed by atoms with E-state index in [-0.39, 0.29) is 11.8 Å². The van der Waals surface area contributed by atoms with Gasteiger partial charge in [0.05, 0.1) is 5.02 Å². The average Bonchev–Trinajstić information content (AvgIpc) is 2.15. The quantitative estimate of drug-likeness (QED) is 0.714. The molecule has 0 aliphatic carbocycles. The van der Waals surface area contributed by atoms with Gasteiger partial charge in [-0.2, -0.15) is 9.83 Å². The Morgan fingerprint density at radius 3 is 2.93 bits per heavy atom. The number of nitrogens with two attached hydrogens (primary N) is 1. The maximum Gasteiger partial charge on any atom is 0.456 e. The molecule has 2 aromatic heterocycles. The molecule has 0 atom stereocenters. The van der Waals surface area contributed by atoms with Crippen LogP contribution in [-0.2, 0) is 0 Å². The molecule has 2 heterocycles. The van der Waals surface area contributed by atoms with Crippen LogP contribution in [0.3, 0.4) is 0 Å². The zero-order valence-electron chi connectivity index (χ0n) is 6.98. The summed E-state index contributed by atoms with van der Waals surface area (Å²) in [6.07, 6.45) is 1.47. The maximum absolute atomic E-state index is 5.74. The van der Waals surface area contributed by atoms with E-state index >= 15 is 0 Å². The normalized spacial score (nSPS) is 10.0. The van der Waals surface area contributed by atoms with Crippen molar-refractivity contribution in [2.75, 3.05) is 5.73 Å². The summed E-state index contributed by atoms with van der Waals surface area (Å²) >= 11 is 5.74. The van der Waals surface area contributed by atoms with E-state index in [0.717, 1.165) is 0 Å². The van der Waals surface area contributed by atoms with Crippen molar-refractivity contribution < 1.29 is 0 Å². The van der Waals surface area contributed by atoms with Crippen molar-refractivity contribution in [2.24, 2.45) is 0 Å². The molecular weight excluding hydrogens is 202 g/mol. The Bertz CT molecular complexity index is 540. The second-order valence-corrected chi connectivity index (χ2v) is 2.99. The lowest BCUT2D eigenvalue weighted by molar-refractivity contribution is 1.23. The highest BCUT2D eigenvalue weighted by molar-refractivity contribution is 6.31. The van der Waals surface area contributed by atoms with E-state index in [2.05, 4.69) is 19.8 Å². The van der Waals surface area contributed by atoms with Gasteiger partial charge in [0, 0.05) is 11.2 Å². The van der Waals surface area contributed by atoms with Gasteiger partial charge in [-0.25, -0.2) is 4.98 Å². The lowest BCUT2D eigenvalue weighted by Gasteiger charge is -1.93. The third-order valence-corrected chi connectivity index (χ3v) is 1.83. The van der Waals surface area contributed by atoms with Crippen LogP contribution in [0.1, 0.15) is 0 Å². The van der Waals surface area contributed by atoms with Gasteiger partial charge in [-0.3, -0.25) is 0 Å². The molecule has 0 amide bonds. The summed E-state index contributed by atoms with van der Waals surface area (Å²) < 4.78 is 0. The van der Waals surface area contributed by atoms with Gasteiger partial charge in [0.1, 0.15) is 12.1 Å². The molecule has 0 radical (unpaired) electrons. The van der Waals surface area contributed by atoms with Crippen LogP contribution >= 0.6 is 11.6 Å². The van der Waals surface area contributed by atoms with Crippen LogP contribution in [0.2, 0.25) is 5.02 Å². The third kappa shape index (κ3) is 1.32. The molecule has 68 valence electrons. The zero-order valence-corrected chi connectivity index (χ0v) is 7.73. The standard InChI is InChI=1S/C8H5ClN5/c1-11-7-6-5(13-8(10)14-7)2-4(9)3-12-6/h1-3H,(H2,10,13,14)/q+1. The van der Waals surface area contributed by atoms with Crippen LogP contribution in [0.25, 0.3) is 15.9 Å². The van der Waals surface area contributed by atoms with Gasteiger partial charge in [0.2, 0.25) is 5.52 Å². The molecule has 0 saturated carbocycles. The fraction of sp³-hybridized carbons (Fsp3) is 0. The van der Waals surface area contributed by atoms with E-state index in [4.69, 9.17) is 23.9 Å². The molecule has 0 aliphatic rings. The number of nitrogens with zero attached hydrogens (tertiary/aromatic N) is 4. The topological polar surface area (TPSA) is 69.0 Å². The Kier molecular flexibility index (Phi) is 1.91. The first-order chi connectivity index (χ1) is 6.70. The van der Waals surface area contributed by atoms with Crippen LogP contribution in [0.4, 0.5) is 11.8 Å². The Morgan fingerprint density at radius 1 is 1.43 bits per heavy atom. The molecule has 5 nitrogen and oxygen atoms in total. The molecular formula is C8H5ClN5+. The SMILES string of the molecule is C#[N+]c1nc(N)nc2cc(Cl)cnc12. The van der Waals surface area contributed by atoms with Gasteiger partial charge in [-0.05, 0) is 6.07 Å². The van der Waals surface area contributed by atoms with Crippen LogP contribution in [0.5, 0.6) is 0 Å². The minimum absolute atomic E-state index is 0.0887. The van der Waals surface area contributed by atoms with Crippen molar-refractivity contribution in [3.8, 4) is 6.57 Å². The Hall–Kier alpha value is -1.93. The molecule has 0 saturated heterocycles. The number of anilines is 1. The van der Waals surface area contributed by atoms with Crippen molar-refractivity contribution in [1.29, 1.82) is 0 Å². The number of nitrogen functional groups attached to an aromatic ring is 1. The highest BCUT2D eigenvalue weighted by atomic mass is 35.5. The number of aromatic nitrogens is 3. The number of hydrogen-bond donors (Lipinski definition) is 1. The van der Waals surface area contributed by atoms with Gasteiger partial charge in [0.25, 0.3) is 0 Å². The first-order valence-electron chi connectivity index (χ1n) is 3.70. The van der Waals surface area contributed by atoms with Gasteiger partial charge in [0.15, 0.2) is 0 Å². The second-order valence-electron chi connectivity index (χ2n) is 2.56. The molecule has 0 unspecified atom stereocenters. The van der Waals surface area contributed by atoms with Crippen LogP contribution in [-0.4, -0.2) is 15.0 Å². The summed E-state index contributed by atoms with van der Waals surface area (Å²) in [5, 5.41) is 0.471. The van der Waals surface area contributed by atoms with Crippen molar-refractivity contribution in [1.82, 2.24) is 15.0 Å². The van der Waals surface area contributed by atoms with Crippen LogP contribution in [0.15, 0.2) is 12.3 Å². The molecule has 0 spiro atoms. The largest absolute Gasteiger partial charge is 0.456 e. The number of rotatable bonds is 0. The molecule has 0 bridgehead atoms. The third-order valence-electron chi connectivity index (χ3n) is 1.62. The molecule has 14 heavy (non-hydrogen) atoms. The molecule has 0 aliphatic heterocycles. The Morgan fingerprint density at radius 2 is 2.21 bits per heavy atom. The first kappa shape index (κ1) is 8.66. The lowest BCUT2D eigenvalue weighted by atomic mass is 10.3. The van der Waals surface area contributed by atoms with Crippen LogP contribution in [0, 0.1) is 6.57 Å². The average molecular weight is 207 g/mol. The fourth-order valence-corrected chi connectivity index (χ4v) is 1.24. The predicted molar refractivity (Wildman–Crippen MR) is 54.7 cm³/mol. The molecule has 6 heteroatoms. The summed E-state index contributed by atoms with van der Waals surface area (Å²) in [6, 6.07) is 1.62. The first-order valence-corrected chi connectivity index (χ1v) is 4.08. The number of pyridine rings is 1. The predicted octanol–water partition coefficient (Wildman–Crippen LogP) is 1.85. The Balaban J connectivity index is 2.89. The van der Waals surface area contributed by atoms with Crippen LogP contribution < -0.4 is 5.73 Å². The monoisotopic (exact) mass is 206 g/mol. The van der Waals surface area contributed by atoms with E-state index in [1.54, 1.807) is 6.07 Å². The summed E-state index contributed by atoms with van der Waals surface area (Å²) in [5.41, 5.74) is 6.44. The summed E-state index contributed by atoms with van der Waals surface area (Å²) in [5.74, 6) is 0.343. The molecule has 0 fully saturated rings. The number of halogens is 1. The lowest BCUT2D eigenvalue weighted by Crippen LogP contribution is -1.95. The highest BCUT2D eigenvalue weighted by Crippen LogP contribution is 2.23. The summed E-state index contributed by atoms with van der Waals surface area (Å²) in [6.45, 7) is 5.13. The molecule has 2 rings (SSSR count). The van der Waals surface area contributed by atoms with Crippen molar-refractivity contribution in [3.63, 3.8) is 0 Å².